The molecule has 0 radical (unpaired) electrons. The Morgan fingerprint density at radius 2 is 1.78 bits per heavy atom. The third-order valence-corrected chi connectivity index (χ3v) is 7.33. The van der Waals surface area contributed by atoms with Gasteiger partial charge in [0, 0.05) is 30.7 Å². The molecule has 2 fully saturated rings. The van der Waals surface area contributed by atoms with E-state index in [1.807, 2.05) is 47.1 Å². The topological polar surface area (TPSA) is 61.9 Å². The van der Waals surface area contributed by atoms with E-state index in [0.717, 1.165) is 35.0 Å². The summed E-state index contributed by atoms with van der Waals surface area (Å²) in [5.74, 6) is 0.762. The van der Waals surface area contributed by atoms with Crippen molar-refractivity contribution < 1.29 is 14.3 Å². The molecule has 0 unspecified atom stereocenters. The predicted octanol–water partition coefficient (Wildman–Crippen LogP) is 5.34. The maximum atomic E-state index is 12.8. The molecule has 170 valence electrons. The fourth-order valence-corrected chi connectivity index (χ4v) is 5.20. The highest BCUT2D eigenvalue weighted by Crippen LogP contribution is 2.40. The molecule has 2 aromatic rings. The summed E-state index contributed by atoms with van der Waals surface area (Å²) in [4.78, 5) is 29.1. The van der Waals surface area contributed by atoms with Gasteiger partial charge in [0.05, 0.1) is 10.7 Å². The molecule has 3 amide bonds. The smallest absolute Gasteiger partial charge is 0.321 e. The van der Waals surface area contributed by atoms with Gasteiger partial charge in [0.25, 0.3) is 5.91 Å². The zero-order valence-electron chi connectivity index (χ0n) is 18.1. The Labute approximate surface area is 202 Å². The number of carbonyl (C=O) groups is 2. The van der Waals surface area contributed by atoms with Crippen LogP contribution in [-0.2, 0) is 4.79 Å². The first-order chi connectivity index (χ1) is 15.3. The van der Waals surface area contributed by atoms with Crippen LogP contribution in [0.3, 0.4) is 0 Å². The van der Waals surface area contributed by atoms with Crippen LogP contribution in [0.4, 0.5) is 10.5 Å². The lowest BCUT2D eigenvalue weighted by Gasteiger charge is -2.39. The fourth-order valence-electron chi connectivity index (χ4n) is 4.48. The van der Waals surface area contributed by atoms with Gasteiger partial charge < -0.3 is 19.9 Å². The second-order valence-electron chi connectivity index (χ2n) is 8.66. The van der Waals surface area contributed by atoms with Crippen molar-refractivity contribution in [2.75, 3.05) is 38.1 Å². The lowest BCUT2D eigenvalue weighted by Crippen LogP contribution is -2.46. The predicted molar refractivity (Wildman–Crippen MR) is 129 cm³/mol. The second-order valence-corrected chi connectivity index (χ2v) is 9.98. The molecule has 0 atom stereocenters. The summed E-state index contributed by atoms with van der Waals surface area (Å²) in [6.45, 7) is 4.84. The first-order valence-electron chi connectivity index (χ1n) is 10.8. The van der Waals surface area contributed by atoms with E-state index < -0.39 is 0 Å². The number of hydrogen-bond acceptors (Lipinski definition) is 3. The van der Waals surface area contributed by atoms with Crippen LogP contribution in [0.5, 0.6) is 5.75 Å². The maximum absolute atomic E-state index is 12.8. The van der Waals surface area contributed by atoms with Crippen LogP contribution < -0.4 is 10.1 Å². The number of aryl methyl sites for hydroxylation is 1. The average molecular weight is 521 g/mol. The molecule has 1 N–H and O–H groups in total. The Balaban J connectivity index is 1.27. The van der Waals surface area contributed by atoms with Crippen LogP contribution in [0.1, 0.15) is 24.8 Å². The number of carbonyl (C=O) groups excluding carboxylic acids is 2. The Morgan fingerprint density at radius 3 is 2.47 bits per heavy atom. The number of anilines is 1. The Kier molecular flexibility index (Phi) is 6.96. The van der Waals surface area contributed by atoms with Crippen molar-refractivity contribution in [2.24, 2.45) is 5.41 Å². The zero-order valence-corrected chi connectivity index (χ0v) is 20.4. The number of ether oxygens (including phenoxy) is 1. The molecular formula is C24H27BrClN3O3. The number of nitrogens with one attached hydrogen (secondary N) is 1. The van der Waals surface area contributed by atoms with Gasteiger partial charge >= 0.3 is 6.03 Å². The number of hydrogen-bond donors (Lipinski definition) is 1. The number of rotatable bonds is 4. The Hall–Kier alpha value is -2.25. The number of para-hydroxylation sites is 1. The van der Waals surface area contributed by atoms with Gasteiger partial charge in [-0.2, -0.15) is 0 Å². The van der Waals surface area contributed by atoms with Gasteiger partial charge in [-0.1, -0.05) is 45.7 Å². The lowest BCUT2D eigenvalue weighted by molar-refractivity contribution is -0.135. The number of likely N-dealkylation sites (tertiary alicyclic amines) is 2. The van der Waals surface area contributed by atoms with Gasteiger partial charge in [-0.05, 0) is 61.4 Å². The van der Waals surface area contributed by atoms with Crippen LogP contribution >= 0.6 is 27.5 Å². The first-order valence-corrected chi connectivity index (χ1v) is 12.0. The first kappa shape index (κ1) is 22.9. The minimum atomic E-state index is -0.128. The van der Waals surface area contributed by atoms with E-state index in [9.17, 15) is 9.59 Å². The number of amides is 3. The molecule has 2 saturated heterocycles. The van der Waals surface area contributed by atoms with E-state index in [-0.39, 0.29) is 24.0 Å². The molecule has 1 spiro atoms. The van der Waals surface area contributed by atoms with E-state index >= 15 is 0 Å². The average Bonchev–Trinajstić information content (AvgIpc) is 3.19. The molecule has 8 heteroatoms. The minimum Gasteiger partial charge on any atom is -0.484 e. The van der Waals surface area contributed by atoms with Crippen molar-refractivity contribution in [3.63, 3.8) is 0 Å². The largest absolute Gasteiger partial charge is 0.484 e. The quantitative estimate of drug-likeness (QED) is 0.592. The molecule has 0 saturated carbocycles. The molecule has 4 rings (SSSR count). The highest BCUT2D eigenvalue weighted by atomic mass is 79.9. The van der Waals surface area contributed by atoms with Crippen LogP contribution in [-0.4, -0.2) is 54.5 Å². The summed E-state index contributed by atoms with van der Waals surface area (Å²) in [6.07, 6.45) is 2.74. The number of halogens is 2. The second kappa shape index (κ2) is 9.71. The molecule has 2 heterocycles. The van der Waals surface area contributed by atoms with Crippen molar-refractivity contribution in [3.05, 3.63) is 57.5 Å². The summed E-state index contributed by atoms with van der Waals surface area (Å²) in [7, 11) is 0. The van der Waals surface area contributed by atoms with Gasteiger partial charge in [0.15, 0.2) is 6.61 Å². The molecule has 6 nitrogen and oxygen atoms in total. The van der Waals surface area contributed by atoms with E-state index in [2.05, 4.69) is 21.2 Å². The molecule has 32 heavy (non-hydrogen) atoms. The molecule has 2 aliphatic rings. The van der Waals surface area contributed by atoms with Gasteiger partial charge in [-0.25, -0.2) is 4.79 Å². The zero-order chi connectivity index (χ0) is 22.7. The van der Waals surface area contributed by atoms with Crippen molar-refractivity contribution in [1.82, 2.24) is 9.80 Å². The van der Waals surface area contributed by atoms with Crippen molar-refractivity contribution in [1.29, 1.82) is 0 Å². The van der Waals surface area contributed by atoms with Crippen LogP contribution in [0, 0.1) is 12.3 Å². The van der Waals surface area contributed by atoms with Gasteiger partial charge in [-0.3, -0.25) is 4.79 Å². The maximum Gasteiger partial charge on any atom is 0.321 e. The normalized spacial score (nSPS) is 17.5. The summed E-state index contributed by atoms with van der Waals surface area (Å²) in [5.41, 5.74) is 1.70. The highest BCUT2D eigenvalue weighted by molar-refractivity contribution is 9.10. The molecule has 2 aliphatic heterocycles. The van der Waals surface area contributed by atoms with E-state index in [1.165, 1.54) is 0 Å². The van der Waals surface area contributed by atoms with Crippen LogP contribution in [0.25, 0.3) is 0 Å². The molecule has 0 aliphatic carbocycles. The van der Waals surface area contributed by atoms with Crippen LogP contribution in [0.15, 0.2) is 46.9 Å². The van der Waals surface area contributed by atoms with Crippen molar-refractivity contribution >= 4 is 45.2 Å². The standard InChI is InChI=1S/C24H27BrClN3O3/c1-17-4-2-3-5-21(17)32-15-22(30)28-11-8-24(9-12-28)10-13-29(16-24)23(31)27-20-7-6-18(25)14-19(20)26/h2-7,14H,8-13,15-16H2,1H3,(H,27,31). The molecule has 2 aromatic carbocycles. The van der Waals surface area contributed by atoms with Crippen molar-refractivity contribution in [2.45, 2.75) is 26.2 Å². The number of piperidine rings is 1. The molecule has 0 aromatic heterocycles. The number of benzene rings is 2. The monoisotopic (exact) mass is 519 g/mol. The minimum absolute atomic E-state index is 0.0144. The van der Waals surface area contributed by atoms with Gasteiger partial charge in [-0.15, -0.1) is 0 Å². The van der Waals surface area contributed by atoms with Gasteiger partial charge in [0.1, 0.15) is 5.75 Å². The van der Waals surface area contributed by atoms with Gasteiger partial charge in [0.2, 0.25) is 0 Å². The Morgan fingerprint density at radius 1 is 1.09 bits per heavy atom. The number of urea groups is 1. The number of nitrogens with zero attached hydrogens (tertiary/aromatic N) is 2. The van der Waals surface area contributed by atoms with E-state index in [4.69, 9.17) is 16.3 Å². The third-order valence-electron chi connectivity index (χ3n) is 6.52. The summed E-state index contributed by atoms with van der Waals surface area (Å²) in [6, 6.07) is 13.0. The van der Waals surface area contributed by atoms with E-state index in [1.54, 1.807) is 12.1 Å². The van der Waals surface area contributed by atoms with Crippen LogP contribution in [0.2, 0.25) is 5.02 Å². The summed E-state index contributed by atoms with van der Waals surface area (Å²) >= 11 is 9.60. The SMILES string of the molecule is Cc1ccccc1OCC(=O)N1CCC2(CC1)CCN(C(=O)Nc1ccc(Br)cc1Cl)C2. The summed E-state index contributed by atoms with van der Waals surface area (Å²) in [5, 5.41) is 3.42. The Bertz CT molecular complexity index is 1010. The summed E-state index contributed by atoms with van der Waals surface area (Å²) < 4.78 is 6.59. The fraction of sp³-hybridized carbons (Fsp3) is 0.417. The van der Waals surface area contributed by atoms with E-state index in [0.29, 0.717) is 36.9 Å². The molecular weight excluding hydrogens is 494 g/mol. The molecule has 0 bridgehead atoms. The van der Waals surface area contributed by atoms with Crippen molar-refractivity contribution in [3.8, 4) is 5.75 Å². The highest BCUT2D eigenvalue weighted by Gasteiger charge is 2.42. The lowest BCUT2D eigenvalue weighted by atomic mass is 9.78. The third kappa shape index (κ3) is 5.21.